The molecule has 3 aromatic rings. The molecule has 104 valence electrons. The molecule has 0 amide bonds. The van der Waals surface area contributed by atoms with Crippen LogP contribution in [0.4, 0.5) is 5.82 Å². The topological polar surface area (TPSA) is 70.9 Å². The van der Waals surface area contributed by atoms with Gasteiger partial charge in [-0.25, -0.2) is 15.0 Å². The van der Waals surface area contributed by atoms with E-state index in [2.05, 4.69) is 32.6 Å². The molecule has 3 heterocycles. The van der Waals surface area contributed by atoms with E-state index in [1.54, 1.807) is 11.3 Å². The number of aliphatic hydroxyl groups is 1. The Balaban J connectivity index is 1.88. The quantitative estimate of drug-likeness (QED) is 0.775. The lowest BCUT2D eigenvalue weighted by Gasteiger charge is -2.06. The number of aliphatic hydroxyl groups excluding tert-OH is 1. The first-order chi connectivity index (χ1) is 9.67. The molecule has 2 N–H and O–H groups in total. The van der Waals surface area contributed by atoms with Gasteiger partial charge in [0.05, 0.1) is 24.2 Å². The second-order valence-corrected chi connectivity index (χ2v) is 6.26. The highest BCUT2D eigenvalue weighted by Crippen LogP contribution is 2.29. The predicted molar refractivity (Wildman–Crippen MR) is 82.3 cm³/mol. The van der Waals surface area contributed by atoms with Crippen molar-refractivity contribution in [1.29, 1.82) is 0 Å². The molecule has 0 aliphatic rings. The summed E-state index contributed by atoms with van der Waals surface area (Å²) in [6.45, 7) is 4.55. The highest BCUT2D eigenvalue weighted by Gasteiger charge is 2.11. The highest BCUT2D eigenvalue weighted by molar-refractivity contribution is 7.17. The third-order valence-corrected chi connectivity index (χ3v) is 4.79. The van der Waals surface area contributed by atoms with E-state index in [0.29, 0.717) is 12.2 Å². The zero-order chi connectivity index (χ0) is 14.1. The normalized spacial score (nSPS) is 11.2. The molecule has 0 aromatic carbocycles. The smallest absolute Gasteiger partial charge is 0.139 e. The molecule has 0 radical (unpaired) electrons. The summed E-state index contributed by atoms with van der Waals surface area (Å²) in [6, 6.07) is 0. The first-order valence-corrected chi connectivity index (χ1v) is 7.93. The zero-order valence-corrected chi connectivity index (χ0v) is 12.8. The molecule has 5 nitrogen and oxygen atoms in total. The highest BCUT2D eigenvalue weighted by atomic mass is 32.1. The van der Waals surface area contributed by atoms with Gasteiger partial charge in [0.1, 0.15) is 21.5 Å². The first-order valence-electron chi connectivity index (χ1n) is 6.18. The van der Waals surface area contributed by atoms with Crippen molar-refractivity contribution in [3.8, 4) is 0 Å². The molecule has 0 aliphatic carbocycles. The third-order valence-electron chi connectivity index (χ3n) is 2.90. The van der Waals surface area contributed by atoms with Crippen LogP contribution >= 0.6 is 22.7 Å². The number of nitrogens with zero attached hydrogens (tertiary/aromatic N) is 3. The Morgan fingerprint density at radius 2 is 2.00 bits per heavy atom. The summed E-state index contributed by atoms with van der Waals surface area (Å²) in [6.07, 6.45) is 0. The van der Waals surface area contributed by atoms with Gasteiger partial charge < -0.3 is 10.4 Å². The molecule has 0 aliphatic heterocycles. The zero-order valence-electron chi connectivity index (χ0n) is 11.2. The number of thiazole rings is 1. The van der Waals surface area contributed by atoms with Crippen molar-refractivity contribution < 1.29 is 5.11 Å². The van der Waals surface area contributed by atoms with Gasteiger partial charge in [0.2, 0.25) is 0 Å². The summed E-state index contributed by atoms with van der Waals surface area (Å²) in [7, 11) is 0. The average molecular weight is 306 g/mol. The van der Waals surface area contributed by atoms with Gasteiger partial charge in [-0.15, -0.1) is 22.7 Å². The van der Waals surface area contributed by atoms with Crippen LogP contribution in [-0.2, 0) is 13.2 Å². The van der Waals surface area contributed by atoms with Crippen LogP contribution in [0.3, 0.4) is 0 Å². The number of hydrogen-bond acceptors (Lipinski definition) is 7. The lowest BCUT2D eigenvalue weighted by Crippen LogP contribution is -2.04. The van der Waals surface area contributed by atoms with Crippen molar-refractivity contribution in [2.24, 2.45) is 0 Å². The number of fused-ring (bicyclic) bond motifs is 1. The predicted octanol–water partition coefficient (Wildman–Crippen LogP) is 2.87. The van der Waals surface area contributed by atoms with Crippen LogP contribution in [0.5, 0.6) is 0 Å². The van der Waals surface area contributed by atoms with E-state index in [-0.39, 0.29) is 6.61 Å². The molecule has 0 saturated carbocycles. The number of aromatic nitrogens is 3. The van der Waals surface area contributed by atoms with E-state index in [1.807, 2.05) is 12.3 Å². The van der Waals surface area contributed by atoms with Gasteiger partial charge in [0.15, 0.2) is 0 Å². The van der Waals surface area contributed by atoms with Crippen LogP contribution in [-0.4, -0.2) is 20.1 Å². The Bertz CT molecular complexity index is 750. The first kappa shape index (κ1) is 13.4. The summed E-state index contributed by atoms with van der Waals surface area (Å²) < 4.78 is 0. The molecule has 3 aromatic heterocycles. The number of aryl methyl sites for hydroxylation is 2. The fraction of sp³-hybridized carbons (Fsp3) is 0.308. The maximum Gasteiger partial charge on any atom is 0.139 e. The number of nitrogens with one attached hydrogen (secondary N) is 1. The van der Waals surface area contributed by atoms with Crippen molar-refractivity contribution in [2.75, 3.05) is 5.32 Å². The molecule has 0 atom stereocenters. The Hall–Kier alpha value is -1.57. The SMILES string of the molecule is Cc1nc(NCc2nc(CO)cs2)c2c(C)csc2n1. The van der Waals surface area contributed by atoms with Crippen molar-refractivity contribution >= 4 is 38.7 Å². The molecular formula is C13H14N4OS2. The van der Waals surface area contributed by atoms with Crippen molar-refractivity contribution in [3.63, 3.8) is 0 Å². The Morgan fingerprint density at radius 3 is 2.75 bits per heavy atom. The molecule has 3 rings (SSSR count). The molecule has 0 spiro atoms. The Labute approximate surface area is 124 Å². The largest absolute Gasteiger partial charge is 0.390 e. The van der Waals surface area contributed by atoms with E-state index in [9.17, 15) is 0 Å². The average Bonchev–Trinajstić information content (AvgIpc) is 3.03. The Morgan fingerprint density at radius 1 is 1.15 bits per heavy atom. The molecule has 0 fully saturated rings. The van der Waals surface area contributed by atoms with Crippen molar-refractivity contribution in [3.05, 3.63) is 32.8 Å². The fourth-order valence-corrected chi connectivity index (χ4v) is 3.67. The summed E-state index contributed by atoms with van der Waals surface area (Å²) in [4.78, 5) is 14.3. The summed E-state index contributed by atoms with van der Waals surface area (Å²) in [5.41, 5.74) is 1.89. The molecule has 20 heavy (non-hydrogen) atoms. The van der Waals surface area contributed by atoms with Gasteiger partial charge in [-0.1, -0.05) is 0 Å². The molecule has 0 bridgehead atoms. The van der Waals surface area contributed by atoms with E-state index in [0.717, 1.165) is 26.9 Å². The minimum absolute atomic E-state index is 0.0169. The van der Waals surface area contributed by atoms with Gasteiger partial charge in [-0.3, -0.25) is 0 Å². The summed E-state index contributed by atoms with van der Waals surface area (Å²) >= 11 is 3.17. The minimum Gasteiger partial charge on any atom is -0.390 e. The molecular weight excluding hydrogens is 292 g/mol. The number of hydrogen-bond donors (Lipinski definition) is 2. The van der Waals surface area contributed by atoms with Gasteiger partial charge in [0, 0.05) is 5.38 Å². The van der Waals surface area contributed by atoms with Crippen LogP contribution in [0.25, 0.3) is 10.2 Å². The van der Waals surface area contributed by atoms with E-state index < -0.39 is 0 Å². The lowest BCUT2D eigenvalue weighted by atomic mass is 10.2. The van der Waals surface area contributed by atoms with Gasteiger partial charge in [0.25, 0.3) is 0 Å². The van der Waals surface area contributed by atoms with Gasteiger partial charge >= 0.3 is 0 Å². The Kier molecular flexibility index (Phi) is 3.64. The maximum atomic E-state index is 9.03. The fourth-order valence-electron chi connectivity index (χ4n) is 1.98. The number of rotatable bonds is 4. The minimum atomic E-state index is -0.0169. The van der Waals surface area contributed by atoms with E-state index in [4.69, 9.17) is 5.11 Å². The summed E-state index contributed by atoms with van der Waals surface area (Å²) in [5.74, 6) is 1.61. The second-order valence-electron chi connectivity index (χ2n) is 4.46. The van der Waals surface area contributed by atoms with Crippen LogP contribution < -0.4 is 5.32 Å². The van der Waals surface area contributed by atoms with Crippen molar-refractivity contribution in [2.45, 2.75) is 27.0 Å². The van der Waals surface area contributed by atoms with Crippen LogP contribution in [0.2, 0.25) is 0 Å². The molecule has 0 unspecified atom stereocenters. The van der Waals surface area contributed by atoms with Crippen LogP contribution in [0, 0.1) is 13.8 Å². The van der Waals surface area contributed by atoms with Crippen LogP contribution in [0.15, 0.2) is 10.8 Å². The maximum absolute atomic E-state index is 9.03. The van der Waals surface area contributed by atoms with Crippen molar-refractivity contribution in [1.82, 2.24) is 15.0 Å². The van der Waals surface area contributed by atoms with Gasteiger partial charge in [-0.05, 0) is 24.8 Å². The lowest BCUT2D eigenvalue weighted by molar-refractivity contribution is 0.277. The third kappa shape index (κ3) is 2.52. The van der Waals surface area contributed by atoms with E-state index in [1.165, 1.54) is 16.9 Å². The molecule has 7 heteroatoms. The van der Waals surface area contributed by atoms with Gasteiger partial charge in [-0.2, -0.15) is 0 Å². The summed E-state index contributed by atoms with van der Waals surface area (Å²) in [5, 5.41) is 18.3. The molecule has 0 saturated heterocycles. The number of thiophene rings is 1. The monoisotopic (exact) mass is 306 g/mol. The van der Waals surface area contributed by atoms with E-state index >= 15 is 0 Å². The van der Waals surface area contributed by atoms with Crippen LogP contribution in [0.1, 0.15) is 22.1 Å². The standard InChI is InChI=1S/C13H14N4OS2/c1-7-5-20-13-11(7)12(15-8(2)16-13)14-3-10-17-9(4-18)6-19-10/h5-6,18H,3-4H2,1-2H3,(H,14,15,16). The number of anilines is 1. The second kappa shape index (κ2) is 5.43.